The molecule has 0 spiro atoms. The van der Waals surface area contributed by atoms with Gasteiger partial charge >= 0.3 is 0 Å². The highest BCUT2D eigenvalue weighted by Crippen LogP contribution is 2.22. The molecule has 0 bridgehead atoms. The summed E-state index contributed by atoms with van der Waals surface area (Å²) in [6.07, 6.45) is 7.00. The molecule has 2 rings (SSSR count). The Balaban J connectivity index is 0.00000392. The second kappa shape index (κ2) is 15.0. The molecule has 0 radical (unpaired) electrons. The van der Waals surface area contributed by atoms with E-state index in [4.69, 9.17) is 9.47 Å². The van der Waals surface area contributed by atoms with Crippen molar-refractivity contribution in [2.45, 2.75) is 39.0 Å². The Morgan fingerprint density at radius 2 is 2.11 bits per heavy atom. The Morgan fingerprint density at radius 3 is 2.75 bits per heavy atom. The van der Waals surface area contributed by atoms with Gasteiger partial charge in [-0.05, 0) is 42.7 Å². The lowest BCUT2D eigenvalue weighted by Crippen LogP contribution is -2.40. The van der Waals surface area contributed by atoms with E-state index in [-0.39, 0.29) is 24.0 Å². The van der Waals surface area contributed by atoms with E-state index in [2.05, 4.69) is 40.5 Å². The third-order valence-corrected chi connectivity index (χ3v) is 5.08. The van der Waals surface area contributed by atoms with Crippen LogP contribution >= 0.6 is 24.0 Å². The summed E-state index contributed by atoms with van der Waals surface area (Å²) in [6, 6.07) is 4.14. The molecule has 1 aromatic rings. The molecular formula is C21H37IN4O2. The average molecular weight is 504 g/mol. The Labute approximate surface area is 187 Å². The zero-order valence-electron chi connectivity index (χ0n) is 17.5. The zero-order valence-corrected chi connectivity index (χ0v) is 19.9. The molecular weight excluding hydrogens is 467 g/mol. The summed E-state index contributed by atoms with van der Waals surface area (Å²) in [7, 11) is 1.81. The number of aromatic nitrogens is 1. The van der Waals surface area contributed by atoms with Gasteiger partial charge in [-0.25, -0.2) is 0 Å². The summed E-state index contributed by atoms with van der Waals surface area (Å²) in [6.45, 7) is 9.58. The van der Waals surface area contributed by atoms with E-state index in [1.54, 1.807) is 0 Å². The summed E-state index contributed by atoms with van der Waals surface area (Å²) < 4.78 is 11.2. The van der Waals surface area contributed by atoms with Crippen molar-refractivity contribution in [1.82, 2.24) is 15.6 Å². The smallest absolute Gasteiger partial charge is 0.190 e. The predicted octanol–water partition coefficient (Wildman–Crippen LogP) is 3.44. The minimum absolute atomic E-state index is 0. The maximum atomic E-state index is 5.81. The predicted molar refractivity (Wildman–Crippen MR) is 126 cm³/mol. The van der Waals surface area contributed by atoms with Crippen LogP contribution in [0, 0.1) is 11.8 Å². The molecule has 7 heteroatoms. The van der Waals surface area contributed by atoms with Crippen molar-refractivity contribution in [2.75, 3.05) is 46.6 Å². The largest absolute Gasteiger partial charge is 0.381 e. The molecule has 1 atom stereocenters. The van der Waals surface area contributed by atoms with Crippen LogP contribution in [0.1, 0.15) is 44.6 Å². The number of guanidine groups is 1. The summed E-state index contributed by atoms with van der Waals surface area (Å²) in [5, 5.41) is 6.83. The monoisotopic (exact) mass is 504 g/mol. The van der Waals surface area contributed by atoms with Crippen LogP contribution in [0.25, 0.3) is 0 Å². The van der Waals surface area contributed by atoms with Crippen LogP contribution in [-0.4, -0.2) is 57.5 Å². The van der Waals surface area contributed by atoms with Gasteiger partial charge in [0.15, 0.2) is 5.96 Å². The zero-order chi connectivity index (χ0) is 19.3. The van der Waals surface area contributed by atoms with E-state index in [0.29, 0.717) is 17.8 Å². The average Bonchev–Trinajstić information content (AvgIpc) is 2.70. The van der Waals surface area contributed by atoms with Crippen molar-refractivity contribution < 1.29 is 9.47 Å². The molecule has 0 aromatic carbocycles. The summed E-state index contributed by atoms with van der Waals surface area (Å²) in [5.41, 5.74) is 1.26. The molecule has 1 aliphatic heterocycles. The summed E-state index contributed by atoms with van der Waals surface area (Å²) >= 11 is 0. The van der Waals surface area contributed by atoms with Gasteiger partial charge in [0.1, 0.15) is 0 Å². The number of halogens is 1. The third kappa shape index (κ3) is 9.52. The van der Waals surface area contributed by atoms with Crippen LogP contribution in [0.4, 0.5) is 0 Å². The van der Waals surface area contributed by atoms with Crippen LogP contribution in [0.5, 0.6) is 0 Å². The molecule has 0 aliphatic carbocycles. The van der Waals surface area contributed by atoms with Gasteiger partial charge in [0.05, 0.1) is 0 Å². The lowest BCUT2D eigenvalue weighted by atomic mass is 9.89. The van der Waals surface area contributed by atoms with Gasteiger partial charge in [-0.3, -0.25) is 9.98 Å². The first kappa shape index (κ1) is 25.1. The summed E-state index contributed by atoms with van der Waals surface area (Å²) in [5.74, 6) is 2.44. The quantitative estimate of drug-likeness (QED) is 0.221. The van der Waals surface area contributed by atoms with Crippen molar-refractivity contribution in [1.29, 1.82) is 0 Å². The number of ether oxygens (including phenoxy) is 2. The van der Waals surface area contributed by atoms with Gasteiger partial charge in [0.25, 0.3) is 0 Å². The molecule has 1 saturated heterocycles. The molecule has 6 nitrogen and oxygen atoms in total. The topological polar surface area (TPSA) is 67.8 Å². The van der Waals surface area contributed by atoms with Crippen LogP contribution in [0.2, 0.25) is 0 Å². The second-order valence-electron chi connectivity index (χ2n) is 7.50. The van der Waals surface area contributed by atoms with Crippen LogP contribution in [0.3, 0.4) is 0 Å². The molecule has 0 saturated carbocycles. The van der Waals surface area contributed by atoms with Gasteiger partial charge in [-0.15, -0.1) is 24.0 Å². The Hall–Kier alpha value is -0.930. The number of aliphatic imine (C=N–C) groups is 1. The first-order valence-electron chi connectivity index (χ1n) is 10.2. The lowest BCUT2D eigenvalue weighted by Gasteiger charge is -2.23. The van der Waals surface area contributed by atoms with Gasteiger partial charge < -0.3 is 20.1 Å². The minimum atomic E-state index is 0. The number of pyridine rings is 1. The van der Waals surface area contributed by atoms with E-state index in [9.17, 15) is 0 Å². The van der Waals surface area contributed by atoms with E-state index >= 15 is 0 Å². The number of hydrogen-bond donors (Lipinski definition) is 2. The molecule has 2 N–H and O–H groups in total. The Morgan fingerprint density at radius 1 is 1.32 bits per heavy atom. The SMILES string of the molecule is CN=C(NCCCOCC1CCOCC1)NCC(c1cccnc1)C(C)C.I. The molecule has 1 aromatic heterocycles. The highest BCUT2D eigenvalue weighted by Gasteiger charge is 2.16. The van der Waals surface area contributed by atoms with E-state index in [1.807, 2.05) is 25.5 Å². The van der Waals surface area contributed by atoms with Gasteiger partial charge in [0, 0.05) is 64.9 Å². The lowest BCUT2D eigenvalue weighted by molar-refractivity contribution is 0.0203. The van der Waals surface area contributed by atoms with Crippen LogP contribution < -0.4 is 10.6 Å². The molecule has 1 fully saturated rings. The Bertz CT molecular complexity index is 536. The highest BCUT2D eigenvalue weighted by atomic mass is 127. The van der Waals surface area contributed by atoms with Crippen molar-refractivity contribution >= 4 is 29.9 Å². The van der Waals surface area contributed by atoms with Crippen LogP contribution in [-0.2, 0) is 9.47 Å². The third-order valence-electron chi connectivity index (χ3n) is 5.08. The maximum Gasteiger partial charge on any atom is 0.190 e. The second-order valence-corrected chi connectivity index (χ2v) is 7.50. The fraction of sp³-hybridized carbons (Fsp3) is 0.714. The number of nitrogens with zero attached hydrogens (tertiary/aromatic N) is 2. The number of hydrogen-bond acceptors (Lipinski definition) is 4. The van der Waals surface area contributed by atoms with Crippen LogP contribution in [0.15, 0.2) is 29.5 Å². The maximum absolute atomic E-state index is 5.81. The molecule has 1 unspecified atom stereocenters. The Kier molecular flexibility index (Phi) is 13.4. The van der Waals surface area contributed by atoms with Crippen molar-refractivity contribution in [3.05, 3.63) is 30.1 Å². The minimum Gasteiger partial charge on any atom is -0.381 e. The molecule has 160 valence electrons. The van der Waals surface area contributed by atoms with Gasteiger partial charge in [0.2, 0.25) is 0 Å². The molecule has 28 heavy (non-hydrogen) atoms. The normalized spacial score (nSPS) is 16.5. The first-order chi connectivity index (χ1) is 13.2. The van der Waals surface area contributed by atoms with Crippen molar-refractivity contribution in [2.24, 2.45) is 16.8 Å². The van der Waals surface area contributed by atoms with E-state index in [0.717, 1.165) is 64.7 Å². The summed E-state index contributed by atoms with van der Waals surface area (Å²) in [4.78, 5) is 8.58. The van der Waals surface area contributed by atoms with Crippen molar-refractivity contribution in [3.8, 4) is 0 Å². The van der Waals surface area contributed by atoms with Crippen molar-refractivity contribution in [3.63, 3.8) is 0 Å². The number of nitrogens with one attached hydrogen (secondary N) is 2. The fourth-order valence-electron chi connectivity index (χ4n) is 3.31. The van der Waals surface area contributed by atoms with E-state index < -0.39 is 0 Å². The molecule has 2 heterocycles. The molecule has 0 amide bonds. The van der Waals surface area contributed by atoms with E-state index in [1.165, 1.54) is 5.56 Å². The standard InChI is InChI=1S/C21H36N4O2.HI/c1-17(2)20(19-6-4-9-23-14-19)15-25-21(22-3)24-10-5-11-27-16-18-7-12-26-13-8-18;/h4,6,9,14,17-18,20H,5,7-8,10-13,15-16H2,1-3H3,(H2,22,24,25);1H. The molecule has 1 aliphatic rings. The first-order valence-corrected chi connectivity index (χ1v) is 10.2. The highest BCUT2D eigenvalue weighted by molar-refractivity contribution is 14.0. The van der Waals surface area contributed by atoms with Gasteiger partial charge in [-0.1, -0.05) is 19.9 Å². The van der Waals surface area contributed by atoms with Gasteiger partial charge in [-0.2, -0.15) is 0 Å². The fourth-order valence-corrected chi connectivity index (χ4v) is 3.31. The number of rotatable bonds is 10.